The summed E-state index contributed by atoms with van der Waals surface area (Å²) in [7, 11) is 1.82. The largest absolute Gasteiger partial charge is 0.388 e. The third kappa shape index (κ3) is 2.32. The standard InChI is InChI=1S/C14H14N4O/c1-18-14(16-9-17-18)8-13(19)11-4-5-12-10(7-11)3-2-6-15-12/h2-7,9,13,19H,8H2,1H3. The molecule has 3 aromatic rings. The Labute approximate surface area is 110 Å². The van der Waals surface area contributed by atoms with Crippen LogP contribution in [0, 0.1) is 0 Å². The number of rotatable bonds is 3. The first kappa shape index (κ1) is 11.8. The van der Waals surface area contributed by atoms with Gasteiger partial charge in [-0.05, 0) is 23.8 Å². The summed E-state index contributed by atoms with van der Waals surface area (Å²) in [6.45, 7) is 0. The van der Waals surface area contributed by atoms with E-state index >= 15 is 0 Å². The van der Waals surface area contributed by atoms with Crippen molar-refractivity contribution < 1.29 is 5.11 Å². The van der Waals surface area contributed by atoms with E-state index in [1.165, 1.54) is 6.33 Å². The lowest BCUT2D eigenvalue weighted by Gasteiger charge is -2.11. The molecule has 0 radical (unpaired) electrons. The monoisotopic (exact) mass is 254 g/mol. The molecule has 5 nitrogen and oxygen atoms in total. The van der Waals surface area contributed by atoms with Gasteiger partial charge in [-0.1, -0.05) is 12.1 Å². The number of benzene rings is 1. The van der Waals surface area contributed by atoms with Crippen LogP contribution >= 0.6 is 0 Å². The van der Waals surface area contributed by atoms with Gasteiger partial charge in [0.25, 0.3) is 0 Å². The Morgan fingerprint density at radius 2 is 2.16 bits per heavy atom. The maximum atomic E-state index is 10.3. The van der Waals surface area contributed by atoms with Crippen molar-refractivity contribution in [2.45, 2.75) is 12.5 Å². The first-order chi connectivity index (χ1) is 9.24. The van der Waals surface area contributed by atoms with Crippen molar-refractivity contribution in [1.29, 1.82) is 0 Å². The molecule has 3 rings (SSSR count). The van der Waals surface area contributed by atoms with Gasteiger partial charge in [-0.3, -0.25) is 9.67 Å². The zero-order valence-corrected chi connectivity index (χ0v) is 10.6. The van der Waals surface area contributed by atoms with Crippen molar-refractivity contribution >= 4 is 10.9 Å². The minimum Gasteiger partial charge on any atom is -0.388 e. The second kappa shape index (κ2) is 4.78. The number of aryl methyl sites for hydroxylation is 1. The fourth-order valence-electron chi connectivity index (χ4n) is 2.10. The van der Waals surface area contributed by atoms with Crippen LogP contribution in [0.25, 0.3) is 10.9 Å². The SMILES string of the molecule is Cn1ncnc1CC(O)c1ccc2ncccc2c1. The van der Waals surface area contributed by atoms with Gasteiger partial charge >= 0.3 is 0 Å². The van der Waals surface area contributed by atoms with Crippen molar-refractivity contribution in [3.63, 3.8) is 0 Å². The summed E-state index contributed by atoms with van der Waals surface area (Å²) in [6, 6.07) is 9.66. The maximum Gasteiger partial charge on any atom is 0.138 e. The van der Waals surface area contributed by atoms with Crippen LogP contribution < -0.4 is 0 Å². The summed E-state index contributed by atoms with van der Waals surface area (Å²) >= 11 is 0. The topological polar surface area (TPSA) is 63.8 Å². The Balaban J connectivity index is 1.89. The molecule has 19 heavy (non-hydrogen) atoms. The van der Waals surface area contributed by atoms with Crippen LogP contribution in [0.15, 0.2) is 42.9 Å². The Bertz CT molecular complexity index is 707. The van der Waals surface area contributed by atoms with Gasteiger partial charge in [0.2, 0.25) is 0 Å². The molecular weight excluding hydrogens is 240 g/mol. The van der Waals surface area contributed by atoms with E-state index in [1.807, 2.05) is 37.4 Å². The highest BCUT2D eigenvalue weighted by atomic mass is 16.3. The van der Waals surface area contributed by atoms with Crippen molar-refractivity contribution in [3.8, 4) is 0 Å². The Morgan fingerprint density at radius 3 is 2.95 bits per heavy atom. The molecule has 1 unspecified atom stereocenters. The molecule has 1 atom stereocenters. The van der Waals surface area contributed by atoms with Crippen LogP contribution in [-0.2, 0) is 13.5 Å². The van der Waals surface area contributed by atoms with Crippen molar-refractivity contribution in [2.75, 3.05) is 0 Å². The predicted molar refractivity (Wildman–Crippen MR) is 71.4 cm³/mol. The van der Waals surface area contributed by atoms with Crippen molar-refractivity contribution in [3.05, 3.63) is 54.2 Å². The van der Waals surface area contributed by atoms with Crippen LogP contribution in [0.1, 0.15) is 17.5 Å². The zero-order chi connectivity index (χ0) is 13.2. The van der Waals surface area contributed by atoms with E-state index in [2.05, 4.69) is 15.1 Å². The lowest BCUT2D eigenvalue weighted by molar-refractivity contribution is 0.174. The zero-order valence-electron chi connectivity index (χ0n) is 10.6. The first-order valence-electron chi connectivity index (χ1n) is 6.09. The minimum absolute atomic E-state index is 0.447. The van der Waals surface area contributed by atoms with Crippen molar-refractivity contribution in [1.82, 2.24) is 19.7 Å². The lowest BCUT2D eigenvalue weighted by Crippen LogP contribution is -2.07. The molecule has 0 saturated heterocycles. The van der Waals surface area contributed by atoms with Crippen LogP contribution in [0.3, 0.4) is 0 Å². The Kier molecular flexibility index (Phi) is 2.97. The molecule has 96 valence electrons. The smallest absolute Gasteiger partial charge is 0.138 e. The number of nitrogens with zero attached hydrogens (tertiary/aromatic N) is 4. The number of aromatic nitrogens is 4. The lowest BCUT2D eigenvalue weighted by atomic mass is 10.0. The molecule has 0 fully saturated rings. The van der Waals surface area contributed by atoms with Gasteiger partial charge in [0.1, 0.15) is 12.2 Å². The highest BCUT2D eigenvalue weighted by Crippen LogP contribution is 2.21. The second-order valence-electron chi connectivity index (χ2n) is 4.48. The van der Waals surface area contributed by atoms with Crippen molar-refractivity contribution in [2.24, 2.45) is 7.05 Å². The normalized spacial score (nSPS) is 12.7. The van der Waals surface area contributed by atoms with E-state index in [1.54, 1.807) is 10.9 Å². The van der Waals surface area contributed by atoms with Gasteiger partial charge in [0.05, 0.1) is 11.6 Å². The van der Waals surface area contributed by atoms with Gasteiger partial charge in [-0.2, -0.15) is 5.10 Å². The molecule has 0 saturated carbocycles. The van der Waals surface area contributed by atoms with Crippen LogP contribution in [0.2, 0.25) is 0 Å². The van der Waals surface area contributed by atoms with E-state index in [0.29, 0.717) is 6.42 Å². The van der Waals surface area contributed by atoms with Gasteiger partial charge in [0, 0.05) is 25.1 Å². The first-order valence-corrected chi connectivity index (χ1v) is 6.09. The summed E-state index contributed by atoms with van der Waals surface area (Å²) in [4.78, 5) is 8.39. The molecule has 0 bridgehead atoms. The van der Waals surface area contributed by atoms with Gasteiger partial charge in [-0.25, -0.2) is 4.98 Å². The number of aliphatic hydroxyl groups excluding tert-OH is 1. The number of fused-ring (bicyclic) bond motifs is 1. The summed E-state index contributed by atoms with van der Waals surface area (Å²) in [5.41, 5.74) is 1.79. The molecule has 5 heteroatoms. The fourth-order valence-corrected chi connectivity index (χ4v) is 2.10. The van der Waals surface area contributed by atoms with Gasteiger partial charge in [-0.15, -0.1) is 0 Å². The summed E-state index contributed by atoms with van der Waals surface area (Å²) < 4.78 is 1.67. The average molecular weight is 254 g/mol. The highest BCUT2D eigenvalue weighted by Gasteiger charge is 2.12. The van der Waals surface area contributed by atoms with Crippen LogP contribution in [-0.4, -0.2) is 24.9 Å². The molecule has 0 amide bonds. The minimum atomic E-state index is -0.590. The Morgan fingerprint density at radius 1 is 1.26 bits per heavy atom. The summed E-state index contributed by atoms with van der Waals surface area (Å²) in [6.07, 6.45) is 3.11. The van der Waals surface area contributed by atoms with E-state index < -0.39 is 6.10 Å². The van der Waals surface area contributed by atoms with E-state index in [-0.39, 0.29) is 0 Å². The third-order valence-electron chi connectivity index (χ3n) is 3.19. The van der Waals surface area contributed by atoms with Gasteiger partial charge in [0.15, 0.2) is 0 Å². The Hall–Kier alpha value is -2.27. The molecule has 2 heterocycles. The molecule has 1 N–H and O–H groups in total. The molecule has 0 aliphatic carbocycles. The molecule has 2 aromatic heterocycles. The molecule has 0 spiro atoms. The van der Waals surface area contributed by atoms with E-state index in [4.69, 9.17) is 0 Å². The summed E-state index contributed by atoms with van der Waals surface area (Å²) in [5, 5.41) is 15.3. The van der Waals surface area contributed by atoms with Gasteiger partial charge < -0.3 is 5.11 Å². The second-order valence-corrected chi connectivity index (χ2v) is 4.48. The number of hydrogen-bond acceptors (Lipinski definition) is 4. The molecule has 1 aromatic carbocycles. The quantitative estimate of drug-likeness (QED) is 0.771. The maximum absolute atomic E-state index is 10.3. The van der Waals surface area contributed by atoms with E-state index in [0.717, 1.165) is 22.3 Å². The predicted octanol–water partition coefficient (Wildman–Crippen LogP) is 1.64. The van der Waals surface area contributed by atoms with Crippen LogP contribution in [0.5, 0.6) is 0 Å². The number of hydrogen-bond donors (Lipinski definition) is 1. The molecule has 0 aliphatic rings. The molecular formula is C14H14N4O. The third-order valence-corrected chi connectivity index (χ3v) is 3.19. The van der Waals surface area contributed by atoms with E-state index in [9.17, 15) is 5.11 Å². The molecule has 0 aliphatic heterocycles. The average Bonchev–Trinajstić information content (AvgIpc) is 2.84. The highest BCUT2D eigenvalue weighted by molar-refractivity contribution is 5.79. The fraction of sp³-hybridized carbons (Fsp3) is 0.214. The number of aliphatic hydroxyl groups is 1. The van der Waals surface area contributed by atoms with Crippen LogP contribution in [0.4, 0.5) is 0 Å². The summed E-state index contributed by atoms with van der Waals surface area (Å²) in [5.74, 6) is 0.763. The number of pyridine rings is 1.